The minimum atomic E-state index is -0.571. The van der Waals surface area contributed by atoms with E-state index in [0.717, 1.165) is 11.1 Å². The first-order valence-electron chi connectivity index (χ1n) is 8.90. The number of carbonyl (C=O) groups excluding carboxylic acids is 2. The van der Waals surface area contributed by atoms with Crippen molar-refractivity contribution in [1.29, 1.82) is 0 Å². The highest BCUT2D eigenvalue weighted by atomic mass is 35.5. The van der Waals surface area contributed by atoms with E-state index in [4.69, 9.17) is 16.3 Å². The maximum Gasteiger partial charge on any atom is 0.261 e. The summed E-state index contributed by atoms with van der Waals surface area (Å²) in [6.07, 6.45) is 0.503. The standard InChI is InChI=1S/C21H25ClN2O3/c1-4-18(21(26)23-3)24(13-16-9-7-8-15(2)12-16)20(25)14-27-19-11-6-5-10-17(19)22/h5-12,18H,4,13-14H2,1-3H3,(H,23,26)/t18-/m0/s1. The van der Waals surface area contributed by atoms with Gasteiger partial charge in [-0.25, -0.2) is 0 Å². The molecule has 27 heavy (non-hydrogen) atoms. The van der Waals surface area contributed by atoms with E-state index >= 15 is 0 Å². The molecule has 0 aromatic heterocycles. The Kier molecular flexibility index (Phi) is 7.67. The lowest BCUT2D eigenvalue weighted by molar-refractivity contribution is -0.142. The lowest BCUT2D eigenvalue weighted by Gasteiger charge is -2.30. The fourth-order valence-electron chi connectivity index (χ4n) is 2.88. The SMILES string of the molecule is CC[C@@H](C(=O)NC)N(Cc1cccc(C)c1)C(=O)COc1ccccc1Cl. The minimum absolute atomic E-state index is 0.191. The summed E-state index contributed by atoms with van der Waals surface area (Å²) in [5, 5.41) is 3.08. The average molecular weight is 389 g/mol. The van der Waals surface area contributed by atoms with Gasteiger partial charge in [-0.15, -0.1) is 0 Å². The summed E-state index contributed by atoms with van der Waals surface area (Å²) in [5.74, 6) is -0.0286. The second kappa shape index (κ2) is 9.97. The lowest BCUT2D eigenvalue weighted by Crippen LogP contribution is -2.49. The predicted octanol–water partition coefficient (Wildman–Crippen LogP) is 3.58. The molecule has 0 aliphatic rings. The molecule has 2 aromatic rings. The summed E-state index contributed by atoms with van der Waals surface area (Å²) in [6.45, 7) is 4.01. The monoisotopic (exact) mass is 388 g/mol. The minimum Gasteiger partial charge on any atom is -0.482 e. The van der Waals surface area contributed by atoms with E-state index in [-0.39, 0.29) is 18.4 Å². The number of halogens is 1. The smallest absolute Gasteiger partial charge is 0.261 e. The molecular formula is C21H25ClN2O3. The first-order valence-corrected chi connectivity index (χ1v) is 9.28. The predicted molar refractivity (Wildman–Crippen MR) is 107 cm³/mol. The van der Waals surface area contributed by atoms with Crippen LogP contribution in [0.5, 0.6) is 5.75 Å². The summed E-state index contributed by atoms with van der Waals surface area (Å²) in [7, 11) is 1.57. The number of hydrogen-bond donors (Lipinski definition) is 1. The van der Waals surface area contributed by atoms with E-state index in [1.54, 1.807) is 36.2 Å². The van der Waals surface area contributed by atoms with Crippen molar-refractivity contribution >= 4 is 23.4 Å². The molecule has 0 heterocycles. The van der Waals surface area contributed by atoms with Crippen molar-refractivity contribution in [3.8, 4) is 5.75 Å². The molecule has 5 nitrogen and oxygen atoms in total. The number of rotatable bonds is 8. The zero-order chi connectivity index (χ0) is 19.8. The van der Waals surface area contributed by atoms with Gasteiger partial charge in [-0.2, -0.15) is 0 Å². The third-order valence-electron chi connectivity index (χ3n) is 4.26. The Labute approximate surface area is 165 Å². The molecule has 0 fully saturated rings. The molecule has 0 spiro atoms. The number of likely N-dealkylation sites (N-methyl/N-ethyl adjacent to an activating group) is 1. The Morgan fingerprint density at radius 2 is 1.93 bits per heavy atom. The van der Waals surface area contributed by atoms with Crippen LogP contribution in [0.4, 0.5) is 0 Å². The fourth-order valence-corrected chi connectivity index (χ4v) is 3.07. The molecule has 0 aliphatic carbocycles. The fraction of sp³-hybridized carbons (Fsp3) is 0.333. The van der Waals surface area contributed by atoms with Gasteiger partial charge in [-0.05, 0) is 31.0 Å². The third kappa shape index (κ3) is 5.73. The molecule has 0 radical (unpaired) electrons. The number of hydrogen-bond acceptors (Lipinski definition) is 3. The normalized spacial score (nSPS) is 11.6. The first kappa shape index (κ1) is 20.8. The Balaban J connectivity index is 2.20. The molecule has 1 atom stereocenters. The summed E-state index contributed by atoms with van der Waals surface area (Å²) in [6, 6.07) is 14.3. The first-order chi connectivity index (χ1) is 13.0. The second-order valence-corrected chi connectivity index (χ2v) is 6.68. The third-order valence-corrected chi connectivity index (χ3v) is 4.57. The van der Waals surface area contributed by atoms with Gasteiger partial charge in [0.25, 0.3) is 5.91 Å². The summed E-state index contributed by atoms with van der Waals surface area (Å²) >= 11 is 6.08. The molecular weight excluding hydrogens is 364 g/mol. The van der Waals surface area contributed by atoms with Crippen LogP contribution in [-0.2, 0) is 16.1 Å². The maximum atomic E-state index is 12.9. The van der Waals surface area contributed by atoms with E-state index in [2.05, 4.69) is 5.32 Å². The van der Waals surface area contributed by atoms with Crippen molar-refractivity contribution in [2.75, 3.05) is 13.7 Å². The zero-order valence-electron chi connectivity index (χ0n) is 15.9. The Hall–Kier alpha value is -2.53. The quantitative estimate of drug-likeness (QED) is 0.751. The molecule has 0 aliphatic heterocycles. The topological polar surface area (TPSA) is 58.6 Å². The van der Waals surface area contributed by atoms with E-state index < -0.39 is 6.04 Å². The number of carbonyl (C=O) groups is 2. The van der Waals surface area contributed by atoms with Crippen LogP contribution in [0.15, 0.2) is 48.5 Å². The Bertz CT molecular complexity index is 795. The van der Waals surface area contributed by atoms with Gasteiger partial charge in [0.05, 0.1) is 5.02 Å². The molecule has 144 valence electrons. The number of amides is 2. The van der Waals surface area contributed by atoms with Crippen LogP contribution in [-0.4, -0.2) is 36.4 Å². The number of aryl methyl sites for hydroxylation is 1. The Morgan fingerprint density at radius 3 is 2.56 bits per heavy atom. The van der Waals surface area contributed by atoms with E-state index in [1.165, 1.54) is 0 Å². The highest BCUT2D eigenvalue weighted by Gasteiger charge is 2.28. The van der Waals surface area contributed by atoms with Crippen LogP contribution in [0.2, 0.25) is 5.02 Å². The van der Waals surface area contributed by atoms with Crippen LogP contribution in [0.1, 0.15) is 24.5 Å². The molecule has 2 aromatic carbocycles. The van der Waals surface area contributed by atoms with Gasteiger partial charge in [0.1, 0.15) is 11.8 Å². The van der Waals surface area contributed by atoms with Crippen molar-refractivity contribution in [3.63, 3.8) is 0 Å². The summed E-state index contributed by atoms with van der Waals surface area (Å²) < 4.78 is 5.59. The number of nitrogens with zero attached hydrogens (tertiary/aromatic N) is 1. The number of nitrogens with one attached hydrogen (secondary N) is 1. The van der Waals surface area contributed by atoms with E-state index in [0.29, 0.717) is 23.7 Å². The van der Waals surface area contributed by atoms with Crippen LogP contribution in [0.3, 0.4) is 0 Å². The van der Waals surface area contributed by atoms with Gasteiger partial charge in [0.2, 0.25) is 5.91 Å². The summed E-state index contributed by atoms with van der Waals surface area (Å²) in [5.41, 5.74) is 2.06. The molecule has 0 saturated carbocycles. The second-order valence-electron chi connectivity index (χ2n) is 6.27. The molecule has 2 rings (SSSR count). The van der Waals surface area contributed by atoms with Crippen molar-refractivity contribution in [2.24, 2.45) is 0 Å². The van der Waals surface area contributed by atoms with Gasteiger partial charge >= 0.3 is 0 Å². The van der Waals surface area contributed by atoms with Gasteiger partial charge < -0.3 is 15.0 Å². The highest BCUT2D eigenvalue weighted by Crippen LogP contribution is 2.23. The highest BCUT2D eigenvalue weighted by molar-refractivity contribution is 6.32. The number of para-hydroxylation sites is 1. The van der Waals surface area contributed by atoms with Gasteiger partial charge in [-0.1, -0.05) is 60.5 Å². The zero-order valence-corrected chi connectivity index (χ0v) is 16.6. The summed E-state index contributed by atoms with van der Waals surface area (Å²) in [4.78, 5) is 26.8. The molecule has 6 heteroatoms. The van der Waals surface area contributed by atoms with Crippen molar-refractivity contribution < 1.29 is 14.3 Å². The molecule has 0 saturated heterocycles. The average Bonchev–Trinajstić information content (AvgIpc) is 2.66. The van der Waals surface area contributed by atoms with Gasteiger partial charge in [-0.3, -0.25) is 9.59 Å². The van der Waals surface area contributed by atoms with Crippen LogP contribution >= 0.6 is 11.6 Å². The molecule has 0 unspecified atom stereocenters. The molecule has 1 N–H and O–H groups in total. The largest absolute Gasteiger partial charge is 0.482 e. The van der Waals surface area contributed by atoms with Gasteiger partial charge in [0.15, 0.2) is 6.61 Å². The van der Waals surface area contributed by atoms with E-state index in [9.17, 15) is 9.59 Å². The lowest BCUT2D eigenvalue weighted by atomic mass is 10.1. The van der Waals surface area contributed by atoms with Crippen molar-refractivity contribution in [1.82, 2.24) is 10.2 Å². The maximum absolute atomic E-state index is 12.9. The molecule has 0 bridgehead atoms. The van der Waals surface area contributed by atoms with Crippen LogP contribution in [0.25, 0.3) is 0 Å². The van der Waals surface area contributed by atoms with Crippen LogP contribution < -0.4 is 10.1 Å². The van der Waals surface area contributed by atoms with Gasteiger partial charge in [0, 0.05) is 13.6 Å². The molecule has 2 amide bonds. The van der Waals surface area contributed by atoms with Crippen molar-refractivity contribution in [2.45, 2.75) is 32.9 Å². The van der Waals surface area contributed by atoms with E-state index in [1.807, 2.05) is 38.1 Å². The Morgan fingerprint density at radius 1 is 1.19 bits per heavy atom. The van der Waals surface area contributed by atoms with Crippen molar-refractivity contribution in [3.05, 3.63) is 64.7 Å². The number of ether oxygens (including phenoxy) is 1. The number of benzene rings is 2. The van der Waals surface area contributed by atoms with Crippen LogP contribution in [0, 0.1) is 6.92 Å².